The van der Waals surface area contributed by atoms with Gasteiger partial charge in [-0.1, -0.05) is 18.2 Å². The van der Waals surface area contributed by atoms with Crippen LogP contribution in [0.5, 0.6) is 5.75 Å². The Hall–Kier alpha value is -2.82. The van der Waals surface area contributed by atoms with Gasteiger partial charge in [-0.3, -0.25) is 9.59 Å². The van der Waals surface area contributed by atoms with Gasteiger partial charge < -0.3 is 15.4 Å². The zero-order chi connectivity index (χ0) is 18.0. The molecule has 1 saturated carbocycles. The third kappa shape index (κ3) is 3.82. The molecule has 0 spiro atoms. The molecule has 3 rings (SSSR count). The van der Waals surface area contributed by atoms with E-state index in [4.69, 9.17) is 4.74 Å². The minimum Gasteiger partial charge on any atom is -0.495 e. The second-order valence-corrected chi connectivity index (χ2v) is 6.43. The van der Waals surface area contributed by atoms with E-state index in [9.17, 15) is 9.59 Å². The van der Waals surface area contributed by atoms with Crippen LogP contribution in [0.15, 0.2) is 42.5 Å². The van der Waals surface area contributed by atoms with Crippen molar-refractivity contribution in [2.24, 2.45) is 11.8 Å². The van der Waals surface area contributed by atoms with Crippen molar-refractivity contribution in [2.75, 3.05) is 17.7 Å². The molecule has 2 aromatic rings. The van der Waals surface area contributed by atoms with Gasteiger partial charge in [-0.25, -0.2) is 0 Å². The lowest BCUT2D eigenvalue weighted by molar-refractivity contribution is -0.122. The van der Waals surface area contributed by atoms with Crippen molar-refractivity contribution in [1.82, 2.24) is 0 Å². The molecule has 1 fully saturated rings. The molecule has 5 heteroatoms. The predicted octanol–water partition coefficient (Wildman–Crippen LogP) is 3.53. The van der Waals surface area contributed by atoms with Crippen LogP contribution in [0.3, 0.4) is 0 Å². The van der Waals surface area contributed by atoms with Gasteiger partial charge in [0, 0.05) is 5.69 Å². The highest BCUT2D eigenvalue weighted by Gasteiger charge is 2.48. The number of amides is 2. The number of ether oxygens (including phenoxy) is 1. The van der Waals surface area contributed by atoms with Crippen LogP contribution < -0.4 is 15.4 Å². The van der Waals surface area contributed by atoms with Gasteiger partial charge in [0.25, 0.3) is 0 Å². The summed E-state index contributed by atoms with van der Waals surface area (Å²) in [6, 6.07) is 13.0. The van der Waals surface area contributed by atoms with Gasteiger partial charge in [-0.2, -0.15) is 0 Å². The van der Waals surface area contributed by atoms with E-state index in [2.05, 4.69) is 10.6 Å². The number of hydrogen-bond acceptors (Lipinski definition) is 3. The van der Waals surface area contributed by atoms with Crippen molar-refractivity contribution < 1.29 is 14.3 Å². The Bertz CT molecular complexity index is 816. The SMILES string of the molecule is COc1ccccc1NC(=O)C1CC1C(=O)Nc1ccc(C)c(C)c1. The Morgan fingerprint density at radius 1 is 0.960 bits per heavy atom. The summed E-state index contributed by atoms with van der Waals surface area (Å²) in [5, 5.41) is 5.74. The standard InChI is InChI=1S/C20H22N2O3/c1-12-8-9-14(10-13(12)2)21-19(23)15-11-16(15)20(24)22-17-6-4-5-7-18(17)25-3/h4-10,15-16H,11H2,1-3H3,(H,21,23)(H,22,24). The lowest BCUT2D eigenvalue weighted by atomic mass is 10.1. The lowest BCUT2D eigenvalue weighted by Gasteiger charge is -2.10. The maximum absolute atomic E-state index is 12.4. The van der Waals surface area contributed by atoms with Gasteiger partial charge in [-0.15, -0.1) is 0 Å². The third-order valence-electron chi connectivity index (χ3n) is 4.60. The summed E-state index contributed by atoms with van der Waals surface area (Å²) < 4.78 is 5.23. The number of aryl methyl sites for hydroxylation is 2. The van der Waals surface area contributed by atoms with Crippen LogP contribution in [-0.2, 0) is 9.59 Å². The predicted molar refractivity (Wildman–Crippen MR) is 97.8 cm³/mol. The van der Waals surface area contributed by atoms with Crippen molar-refractivity contribution in [2.45, 2.75) is 20.3 Å². The van der Waals surface area contributed by atoms with Crippen LogP contribution in [-0.4, -0.2) is 18.9 Å². The molecule has 0 aromatic heterocycles. The van der Waals surface area contributed by atoms with Gasteiger partial charge in [0.05, 0.1) is 24.6 Å². The summed E-state index contributed by atoms with van der Waals surface area (Å²) in [4.78, 5) is 24.7. The van der Waals surface area contributed by atoms with Gasteiger partial charge in [0.1, 0.15) is 5.75 Å². The number of rotatable bonds is 5. The molecule has 2 unspecified atom stereocenters. The number of carbonyl (C=O) groups is 2. The van der Waals surface area contributed by atoms with E-state index < -0.39 is 0 Å². The molecular formula is C20H22N2O3. The van der Waals surface area contributed by atoms with Crippen molar-refractivity contribution >= 4 is 23.2 Å². The summed E-state index contributed by atoms with van der Waals surface area (Å²) in [5.74, 6) is -0.228. The second kappa shape index (κ2) is 6.97. The monoisotopic (exact) mass is 338 g/mol. The van der Waals surface area contributed by atoms with E-state index in [0.717, 1.165) is 11.3 Å². The van der Waals surface area contributed by atoms with E-state index in [1.807, 2.05) is 44.2 Å². The quantitative estimate of drug-likeness (QED) is 0.876. The van der Waals surface area contributed by atoms with Gasteiger partial charge in [0.15, 0.2) is 0 Å². The minimum absolute atomic E-state index is 0.108. The molecule has 0 saturated heterocycles. The first-order valence-electron chi connectivity index (χ1n) is 8.31. The van der Waals surface area contributed by atoms with E-state index in [-0.39, 0.29) is 23.7 Å². The minimum atomic E-state index is -0.295. The summed E-state index contributed by atoms with van der Waals surface area (Å²) in [7, 11) is 1.56. The summed E-state index contributed by atoms with van der Waals surface area (Å²) in [5.41, 5.74) is 3.69. The molecule has 0 radical (unpaired) electrons. The molecule has 0 heterocycles. The van der Waals surface area contributed by atoms with Crippen LogP contribution in [0.4, 0.5) is 11.4 Å². The first kappa shape index (κ1) is 17.0. The summed E-state index contributed by atoms with van der Waals surface area (Å²) in [6.07, 6.45) is 0.567. The fourth-order valence-corrected chi connectivity index (χ4v) is 2.80. The van der Waals surface area contributed by atoms with Crippen LogP contribution in [0.25, 0.3) is 0 Å². The summed E-state index contributed by atoms with van der Waals surface area (Å²) >= 11 is 0. The highest BCUT2D eigenvalue weighted by atomic mass is 16.5. The first-order chi connectivity index (χ1) is 12.0. The van der Waals surface area contributed by atoms with Crippen molar-refractivity contribution in [3.8, 4) is 5.75 Å². The normalized spacial score (nSPS) is 18.4. The van der Waals surface area contributed by atoms with E-state index >= 15 is 0 Å². The molecule has 2 amide bonds. The average molecular weight is 338 g/mol. The highest BCUT2D eigenvalue weighted by Crippen LogP contribution is 2.40. The number of carbonyl (C=O) groups excluding carboxylic acids is 2. The van der Waals surface area contributed by atoms with Gasteiger partial charge in [0.2, 0.25) is 11.8 Å². The van der Waals surface area contributed by atoms with Gasteiger partial charge >= 0.3 is 0 Å². The molecule has 2 N–H and O–H groups in total. The topological polar surface area (TPSA) is 67.4 Å². The molecule has 0 bridgehead atoms. The second-order valence-electron chi connectivity index (χ2n) is 6.43. The van der Waals surface area contributed by atoms with Crippen LogP contribution in [0.1, 0.15) is 17.5 Å². The maximum Gasteiger partial charge on any atom is 0.228 e. The number of benzene rings is 2. The van der Waals surface area contributed by atoms with E-state index in [1.165, 1.54) is 5.56 Å². The maximum atomic E-state index is 12.4. The molecule has 1 aliphatic rings. The molecule has 2 atom stereocenters. The molecule has 0 aliphatic heterocycles. The number of hydrogen-bond donors (Lipinski definition) is 2. The molecule has 1 aliphatic carbocycles. The zero-order valence-corrected chi connectivity index (χ0v) is 14.6. The Kier molecular flexibility index (Phi) is 4.74. The molecule has 130 valence electrons. The number of nitrogens with one attached hydrogen (secondary N) is 2. The summed E-state index contributed by atoms with van der Waals surface area (Å²) in [6.45, 7) is 4.03. The Morgan fingerprint density at radius 3 is 2.32 bits per heavy atom. The van der Waals surface area contributed by atoms with E-state index in [0.29, 0.717) is 17.9 Å². The zero-order valence-electron chi connectivity index (χ0n) is 14.6. The fourth-order valence-electron chi connectivity index (χ4n) is 2.80. The number of para-hydroxylation sites is 2. The third-order valence-corrected chi connectivity index (χ3v) is 4.60. The molecule has 2 aromatic carbocycles. The van der Waals surface area contributed by atoms with Crippen LogP contribution in [0.2, 0.25) is 0 Å². The number of anilines is 2. The van der Waals surface area contributed by atoms with Gasteiger partial charge in [-0.05, 0) is 55.7 Å². The Balaban J connectivity index is 1.58. The Labute approximate surface area is 147 Å². The van der Waals surface area contributed by atoms with Crippen molar-refractivity contribution in [1.29, 1.82) is 0 Å². The fraction of sp³-hybridized carbons (Fsp3) is 0.300. The molecular weight excluding hydrogens is 316 g/mol. The highest BCUT2D eigenvalue weighted by molar-refractivity contribution is 6.03. The van der Waals surface area contributed by atoms with Crippen molar-refractivity contribution in [3.05, 3.63) is 53.6 Å². The Morgan fingerprint density at radius 2 is 1.64 bits per heavy atom. The van der Waals surface area contributed by atoms with Crippen LogP contribution >= 0.6 is 0 Å². The largest absolute Gasteiger partial charge is 0.495 e. The average Bonchev–Trinajstić information content (AvgIpc) is 3.39. The van der Waals surface area contributed by atoms with Crippen LogP contribution in [0, 0.1) is 25.7 Å². The molecule has 25 heavy (non-hydrogen) atoms. The number of methoxy groups -OCH3 is 1. The smallest absolute Gasteiger partial charge is 0.228 e. The lowest BCUT2D eigenvalue weighted by Crippen LogP contribution is -2.20. The first-order valence-corrected chi connectivity index (χ1v) is 8.31. The van der Waals surface area contributed by atoms with E-state index in [1.54, 1.807) is 19.2 Å². The molecule has 5 nitrogen and oxygen atoms in total. The van der Waals surface area contributed by atoms with Crippen molar-refractivity contribution in [3.63, 3.8) is 0 Å².